The molecule has 2 rings (SSSR count). The van der Waals surface area contributed by atoms with E-state index in [2.05, 4.69) is 17.5 Å². The highest BCUT2D eigenvalue weighted by atomic mass is 19.1. The molecule has 0 heterocycles. The van der Waals surface area contributed by atoms with E-state index in [0.717, 1.165) is 19.2 Å². The number of carbonyl (C=O) groups is 3. The SMILES string of the molecule is C1=CCCC1.CO.NC(=O)CC(=O)Nc1cc(F)cc(F)c1.O=CO. The van der Waals surface area contributed by atoms with Crippen molar-refractivity contribution in [1.29, 1.82) is 0 Å². The maximum atomic E-state index is 12.7. The number of nitrogens with two attached hydrogens (primary N) is 1. The number of amides is 2. The van der Waals surface area contributed by atoms with Crippen molar-refractivity contribution in [1.82, 2.24) is 0 Å². The molecule has 7 nitrogen and oxygen atoms in total. The van der Waals surface area contributed by atoms with E-state index < -0.39 is 29.9 Å². The van der Waals surface area contributed by atoms with Gasteiger partial charge in [-0.25, -0.2) is 8.78 Å². The summed E-state index contributed by atoms with van der Waals surface area (Å²) in [5.74, 6) is -3.16. The summed E-state index contributed by atoms with van der Waals surface area (Å²) in [5, 5.41) is 16.0. The van der Waals surface area contributed by atoms with Gasteiger partial charge in [0, 0.05) is 18.9 Å². The van der Waals surface area contributed by atoms with Crippen LogP contribution in [0.3, 0.4) is 0 Å². The first-order chi connectivity index (χ1) is 11.9. The fourth-order valence-electron chi connectivity index (χ4n) is 1.58. The monoisotopic (exact) mass is 360 g/mol. The summed E-state index contributed by atoms with van der Waals surface area (Å²) in [6, 6.07) is 2.54. The molecule has 1 aromatic carbocycles. The number of hydrogen-bond acceptors (Lipinski definition) is 4. The van der Waals surface area contributed by atoms with Gasteiger partial charge in [-0.15, -0.1) is 0 Å². The summed E-state index contributed by atoms with van der Waals surface area (Å²) in [6.45, 7) is -0.250. The molecular weight excluding hydrogens is 338 g/mol. The minimum Gasteiger partial charge on any atom is -0.483 e. The van der Waals surface area contributed by atoms with Crippen molar-refractivity contribution in [3.8, 4) is 0 Å². The number of nitrogens with one attached hydrogen (secondary N) is 1. The summed E-state index contributed by atoms with van der Waals surface area (Å²) < 4.78 is 25.3. The molecule has 140 valence electrons. The minimum atomic E-state index is -0.815. The number of carbonyl (C=O) groups excluding carboxylic acids is 2. The highest BCUT2D eigenvalue weighted by Gasteiger charge is 2.07. The van der Waals surface area contributed by atoms with Crippen LogP contribution in [0.2, 0.25) is 0 Å². The number of rotatable bonds is 3. The van der Waals surface area contributed by atoms with Gasteiger partial charge in [0.05, 0.1) is 0 Å². The Morgan fingerprint density at radius 3 is 1.92 bits per heavy atom. The topological polar surface area (TPSA) is 130 Å². The molecule has 0 spiro atoms. The molecule has 1 aromatic rings. The van der Waals surface area contributed by atoms with Crippen LogP contribution in [-0.4, -0.2) is 35.6 Å². The van der Waals surface area contributed by atoms with E-state index in [9.17, 15) is 18.4 Å². The Bertz CT molecular complexity index is 539. The summed E-state index contributed by atoms with van der Waals surface area (Å²) in [5.41, 5.74) is 4.70. The van der Waals surface area contributed by atoms with Gasteiger partial charge in [-0.3, -0.25) is 14.4 Å². The fourth-order valence-corrected chi connectivity index (χ4v) is 1.58. The van der Waals surface area contributed by atoms with Crippen molar-refractivity contribution in [2.45, 2.75) is 25.7 Å². The molecule has 9 heteroatoms. The van der Waals surface area contributed by atoms with Gasteiger partial charge in [0.1, 0.15) is 18.1 Å². The average molecular weight is 360 g/mol. The zero-order valence-corrected chi connectivity index (χ0v) is 13.7. The molecule has 0 unspecified atom stereocenters. The Hall–Kier alpha value is -2.81. The molecule has 2 amide bonds. The first-order valence-electron chi connectivity index (χ1n) is 7.10. The maximum absolute atomic E-state index is 12.7. The van der Waals surface area contributed by atoms with Crippen molar-refractivity contribution in [3.05, 3.63) is 42.0 Å². The van der Waals surface area contributed by atoms with E-state index in [4.69, 9.17) is 20.7 Å². The van der Waals surface area contributed by atoms with E-state index in [1.54, 1.807) is 0 Å². The van der Waals surface area contributed by atoms with Crippen molar-refractivity contribution in [3.63, 3.8) is 0 Å². The van der Waals surface area contributed by atoms with Crippen LogP contribution < -0.4 is 11.1 Å². The number of aliphatic hydroxyl groups is 1. The Balaban J connectivity index is 0. The third-order valence-electron chi connectivity index (χ3n) is 2.39. The predicted octanol–water partition coefficient (Wildman–Crippen LogP) is 1.81. The van der Waals surface area contributed by atoms with Gasteiger partial charge in [-0.05, 0) is 31.4 Å². The van der Waals surface area contributed by atoms with Crippen LogP contribution in [0.25, 0.3) is 0 Å². The lowest BCUT2D eigenvalue weighted by Gasteiger charge is -2.03. The van der Waals surface area contributed by atoms with Crippen molar-refractivity contribution in [2.24, 2.45) is 5.73 Å². The third-order valence-corrected chi connectivity index (χ3v) is 2.39. The molecule has 25 heavy (non-hydrogen) atoms. The Morgan fingerprint density at radius 1 is 1.16 bits per heavy atom. The number of benzene rings is 1. The van der Waals surface area contributed by atoms with Gasteiger partial charge in [0.2, 0.25) is 11.8 Å². The maximum Gasteiger partial charge on any atom is 0.290 e. The largest absolute Gasteiger partial charge is 0.483 e. The van der Waals surface area contributed by atoms with E-state index in [0.29, 0.717) is 6.07 Å². The number of allylic oxidation sites excluding steroid dienone is 2. The van der Waals surface area contributed by atoms with Crippen molar-refractivity contribution in [2.75, 3.05) is 12.4 Å². The lowest BCUT2D eigenvalue weighted by molar-refractivity contribution is -0.125. The minimum absolute atomic E-state index is 0.0567. The zero-order chi connectivity index (χ0) is 19.7. The number of halogens is 2. The highest BCUT2D eigenvalue weighted by molar-refractivity contribution is 6.03. The summed E-state index contributed by atoms with van der Waals surface area (Å²) >= 11 is 0. The number of anilines is 1. The van der Waals surface area contributed by atoms with Gasteiger partial charge in [-0.2, -0.15) is 0 Å². The number of primary amides is 1. The molecule has 0 radical (unpaired) electrons. The molecule has 0 saturated heterocycles. The molecule has 0 saturated carbocycles. The first-order valence-corrected chi connectivity index (χ1v) is 7.10. The Kier molecular flexibility index (Phi) is 15.7. The van der Waals surface area contributed by atoms with Crippen LogP contribution >= 0.6 is 0 Å². The standard InChI is InChI=1S/C9H8F2N2O2.C5H8.CH2O2.CH4O/c10-5-1-6(11)3-7(2-5)13-9(15)4-8(12)14;1-2-4-5-3-1;2-1-3;1-2/h1-3H,4H2,(H2,12,14)(H,13,15);1-2H,3-5H2;1H,(H,2,3);2H,1H3. The van der Waals surface area contributed by atoms with Crippen molar-refractivity contribution < 1.29 is 33.4 Å². The third kappa shape index (κ3) is 15.8. The smallest absolute Gasteiger partial charge is 0.290 e. The van der Waals surface area contributed by atoms with E-state index in [1.165, 1.54) is 19.3 Å². The quantitative estimate of drug-likeness (QED) is 0.371. The van der Waals surface area contributed by atoms with Crippen LogP contribution in [0, 0.1) is 11.6 Å². The second-order valence-corrected chi connectivity index (χ2v) is 4.36. The van der Waals surface area contributed by atoms with Crippen molar-refractivity contribution >= 4 is 24.0 Å². The predicted molar refractivity (Wildman–Crippen MR) is 88.6 cm³/mol. The Labute approximate surface area is 144 Å². The van der Waals surface area contributed by atoms with Crippen LogP contribution in [0.5, 0.6) is 0 Å². The second-order valence-electron chi connectivity index (χ2n) is 4.36. The normalized spacial score (nSPS) is 10.7. The molecule has 0 bridgehead atoms. The van der Waals surface area contributed by atoms with E-state index in [-0.39, 0.29) is 12.2 Å². The fraction of sp³-hybridized carbons (Fsp3) is 0.312. The summed E-state index contributed by atoms with van der Waals surface area (Å²) in [7, 11) is 1.00. The van der Waals surface area contributed by atoms with Gasteiger partial charge in [0.25, 0.3) is 6.47 Å². The van der Waals surface area contributed by atoms with E-state index >= 15 is 0 Å². The lowest BCUT2D eigenvalue weighted by Crippen LogP contribution is -2.21. The molecule has 1 aliphatic rings. The average Bonchev–Trinajstić information content (AvgIpc) is 3.07. The molecule has 0 aromatic heterocycles. The number of carboxylic acid groups (broad SMARTS) is 1. The summed E-state index contributed by atoms with van der Waals surface area (Å²) in [6.07, 6.45) is 7.97. The van der Waals surface area contributed by atoms with Gasteiger partial charge in [0.15, 0.2) is 0 Å². The highest BCUT2D eigenvalue weighted by Crippen LogP contribution is 2.12. The van der Waals surface area contributed by atoms with Crippen LogP contribution in [0.4, 0.5) is 14.5 Å². The lowest BCUT2D eigenvalue weighted by atomic mass is 10.3. The molecule has 0 aliphatic heterocycles. The van der Waals surface area contributed by atoms with Gasteiger partial charge in [-0.1, -0.05) is 12.2 Å². The number of aliphatic hydroxyl groups excluding tert-OH is 1. The molecule has 1 aliphatic carbocycles. The first kappa shape index (κ1) is 24.4. The molecular formula is C16H22F2N2O5. The second kappa shape index (κ2) is 16.1. The van der Waals surface area contributed by atoms with Crippen LogP contribution in [0.15, 0.2) is 30.4 Å². The molecule has 5 N–H and O–H groups in total. The zero-order valence-electron chi connectivity index (χ0n) is 13.7. The summed E-state index contributed by atoms with van der Waals surface area (Å²) in [4.78, 5) is 29.7. The number of hydrogen-bond donors (Lipinski definition) is 4. The van der Waals surface area contributed by atoms with E-state index in [1.807, 2.05) is 0 Å². The van der Waals surface area contributed by atoms with Crippen LogP contribution in [-0.2, 0) is 14.4 Å². The molecule has 0 fully saturated rings. The van der Waals surface area contributed by atoms with Crippen LogP contribution in [0.1, 0.15) is 25.7 Å². The molecule has 0 atom stereocenters. The van der Waals surface area contributed by atoms with Gasteiger partial charge >= 0.3 is 0 Å². The Morgan fingerprint density at radius 2 is 1.60 bits per heavy atom. The van der Waals surface area contributed by atoms with Gasteiger partial charge < -0.3 is 21.3 Å².